The Hall–Kier alpha value is -1.68. The van der Waals surface area contributed by atoms with Gasteiger partial charge in [0.05, 0.1) is 5.02 Å². The molecular weight excluding hydrogens is 308 g/mol. The van der Waals surface area contributed by atoms with Gasteiger partial charge in [-0.15, -0.1) is 0 Å². The Morgan fingerprint density at radius 2 is 1.78 bits per heavy atom. The normalized spacial score (nSPS) is 16.4. The van der Waals surface area contributed by atoms with E-state index in [1.165, 1.54) is 5.56 Å². The maximum Gasteiger partial charge on any atom is 0.194 e. The molecule has 1 heterocycles. The number of carbonyl (C=O) groups excluding carboxylic acids is 1. The third-order valence-electron chi connectivity index (χ3n) is 4.31. The number of rotatable bonds is 4. The van der Waals surface area contributed by atoms with E-state index in [2.05, 4.69) is 22.9 Å². The fourth-order valence-corrected chi connectivity index (χ4v) is 3.10. The van der Waals surface area contributed by atoms with Crippen molar-refractivity contribution in [2.24, 2.45) is 0 Å². The summed E-state index contributed by atoms with van der Waals surface area (Å²) in [6.45, 7) is 5.21. The van der Waals surface area contributed by atoms with Gasteiger partial charge in [-0.2, -0.15) is 0 Å². The summed E-state index contributed by atoms with van der Waals surface area (Å²) in [4.78, 5) is 17.4. The van der Waals surface area contributed by atoms with Crippen LogP contribution in [-0.4, -0.2) is 48.8 Å². The van der Waals surface area contributed by atoms with Crippen molar-refractivity contribution >= 4 is 17.4 Å². The van der Waals surface area contributed by atoms with Gasteiger partial charge < -0.3 is 4.90 Å². The molecule has 2 aromatic carbocycles. The number of carbonyl (C=O) groups is 1. The lowest BCUT2D eigenvalue weighted by molar-refractivity contribution is 0.103. The van der Waals surface area contributed by atoms with Crippen LogP contribution in [0.5, 0.6) is 0 Å². The van der Waals surface area contributed by atoms with Crippen molar-refractivity contribution in [2.75, 3.05) is 33.2 Å². The Labute approximate surface area is 142 Å². The second-order valence-electron chi connectivity index (χ2n) is 6.09. The fourth-order valence-electron chi connectivity index (χ4n) is 2.88. The molecule has 0 amide bonds. The average Bonchev–Trinajstić information content (AvgIpc) is 2.57. The number of hydrogen-bond donors (Lipinski definition) is 0. The summed E-state index contributed by atoms with van der Waals surface area (Å²) in [7, 11) is 2.15. The van der Waals surface area contributed by atoms with Crippen LogP contribution in [-0.2, 0) is 6.54 Å². The third-order valence-corrected chi connectivity index (χ3v) is 4.64. The van der Waals surface area contributed by atoms with Gasteiger partial charge in [0.15, 0.2) is 5.78 Å². The molecule has 0 spiro atoms. The number of likely N-dealkylation sites (N-methyl/N-ethyl adjacent to an activating group) is 1. The number of hydrogen-bond acceptors (Lipinski definition) is 3. The van der Waals surface area contributed by atoms with Crippen LogP contribution in [0.3, 0.4) is 0 Å². The minimum Gasteiger partial charge on any atom is -0.304 e. The zero-order valence-electron chi connectivity index (χ0n) is 13.3. The van der Waals surface area contributed by atoms with E-state index in [4.69, 9.17) is 11.6 Å². The second-order valence-corrected chi connectivity index (χ2v) is 6.50. The van der Waals surface area contributed by atoms with E-state index in [0.717, 1.165) is 32.7 Å². The SMILES string of the molecule is CN1CCN(Cc2cccc(C(=O)c3ccccc3Cl)c2)CC1. The van der Waals surface area contributed by atoms with Crippen LogP contribution in [0, 0.1) is 0 Å². The molecule has 1 aliphatic heterocycles. The van der Waals surface area contributed by atoms with E-state index in [-0.39, 0.29) is 5.78 Å². The first-order chi connectivity index (χ1) is 11.1. The molecule has 4 heteroatoms. The lowest BCUT2D eigenvalue weighted by atomic mass is 10.0. The number of benzene rings is 2. The monoisotopic (exact) mass is 328 g/mol. The molecule has 0 N–H and O–H groups in total. The van der Waals surface area contributed by atoms with Crippen molar-refractivity contribution in [1.82, 2.24) is 9.80 Å². The van der Waals surface area contributed by atoms with Crippen LogP contribution >= 0.6 is 11.6 Å². The summed E-state index contributed by atoms with van der Waals surface area (Å²) in [5, 5.41) is 0.502. The molecule has 0 aliphatic carbocycles. The summed E-state index contributed by atoms with van der Waals surface area (Å²) >= 11 is 6.14. The first kappa shape index (κ1) is 16.2. The summed E-state index contributed by atoms with van der Waals surface area (Å²) in [5.41, 5.74) is 2.43. The van der Waals surface area contributed by atoms with Crippen molar-refractivity contribution in [3.05, 3.63) is 70.2 Å². The average molecular weight is 329 g/mol. The largest absolute Gasteiger partial charge is 0.304 e. The Balaban J connectivity index is 1.75. The number of nitrogens with zero attached hydrogens (tertiary/aromatic N) is 2. The van der Waals surface area contributed by atoms with Crippen LogP contribution in [0.4, 0.5) is 0 Å². The van der Waals surface area contributed by atoms with Crippen LogP contribution in [0.2, 0.25) is 5.02 Å². The van der Waals surface area contributed by atoms with Crippen molar-refractivity contribution < 1.29 is 4.79 Å². The second kappa shape index (κ2) is 7.26. The molecule has 120 valence electrons. The third kappa shape index (κ3) is 3.99. The van der Waals surface area contributed by atoms with Gasteiger partial charge in [-0.05, 0) is 30.8 Å². The highest BCUT2D eigenvalue weighted by Gasteiger charge is 2.16. The van der Waals surface area contributed by atoms with Gasteiger partial charge in [0.25, 0.3) is 0 Å². The van der Waals surface area contributed by atoms with Gasteiger partial charge in [-0.1, -0.05) is 41.9 Å². The van der Waals surface area contributed by atoms with Gasteiger partial charge in [0, 0.05) is 43.9 Å². The van der Waals surface area contributed by atoms with Gasteiger partial charge >= 0.3 is 0 Å². The van der Waals surface area contributed by atoms with E-state index in [9.17, 15) is 4.79 Å². The van der Waals surface area contributed by atoms with E-state index < -0.39 is 0 Å². The summed E-state index contributed by atoms with van der Waals surface area (Å²) < 4.78 is 0. The topological polar surface area (TPSA) is 23.6 Å². The zero-order chi connectivity index (χ0) is 16.2. The molecule has 1 saturated heterocycles. The van der Waals surface area contributed by atoms with Crippen molar-refractivity contribution in [2.45, 2.75) is 6.54 Å². The molecule has 0 radical (unpaired) electrons. The van der Waals surface area contributed by atoms with Gasteiger partial charge in [0.1, 0.15) is 0 Å². The lowest BCUT2D eigenvalue weighted by Crippen LogP contribution is -2.43. The number of ketones is 1. The molecule has 0 unspecified atom stereocenters. The summed E-state index contributed by atoms with van der Waals surface area (Å²) in [6.07, 6.45) is 0. The van der Waals surface area contributed by atoms with Gasteiger partial charge in [-0.3, -0.25) is 9.69 Å². The fraction of sp³-hybridized carbons (Fsp3) is 0.316. The Morgan fingerprint density at radius 1 is 1.04 bits per heavy atom. The Morgan fingerprint density at radius 3 is 2.52 bits per heavy atom. The maximum atomic E-state index is 12.6. The van der Waals surface area contributed by atoms with E-state index in [1.807, 2.05) is 30.3 Å². The van der Waals surface area contributed by atoms with Crippen molar-refractivity contribution in [1.29, 1.82) is 0 Å². The van der Waals surface area contributed by atoms with E-state index in [1.54, 1.807) is 12.1 Å². The molecule has 0 saturated carbocycles. The highest BCUT2D eigenvalue weighted by Crippen LogP contribution is 2.20. The molecule has 1 fully saturated rings. The molecule has 1 aliphatic rings. The minimum atomic E-state index is -0.0178. The predicted octanol–water partition coefficient (Wildman–Crippen LogP) is 3.32. The molecular formula is C19H21ClN2O. The predicted molar refractivity (Wildman–Crippen MR) is 94.1 cm³/mol. The molecule has 3 rings (SSSR count). The highest BCUT2D eigenvalue weighted by molar-refractivity contribution is 6.34. The molecule has 0 atom stereocenters. The lowest BCUT2D eigenvalue weighted by Gasteiger charge is -2.32. The van der Waals surface area contributed by atoms with Crippen LogP contribution in [0.25, 0.3) is 0 Å². The van der Waals surface area contributed by atoms with E-state index in [0.29, 0.717) is 16.1 Å². The minimum absolute atomic E-state index is 0.0178. The van der Waals surface area contributed by atoms with Crippen molar-refractivity contribution in [3.63, 3.8) is 0 Å². The smallest absolute Gasteiger partial charge is 0.194 e. The quantitative estimate of drug-likeness (QED) is 0.804. The first-order valence-electron chi connectivity index (χ1n) is 7.92. The van der Waals surface area contributed by atoms with E-state index >= 15 is 0 Å². The first-order valence-corrected chi connectivity index (χ1v) is 8.30. The number of piperazine rings is 1. The Kier molecular flexibility index (Phi) is 5.11. The highest BCUT2D eigenvalue weighted by atomic mass is 35.5. The molecule has 2 aromatic rings. The zero-order valence-corrected chi connectivity index (χ0v) is 14.1. The van der Waals surface area contributed by atoms with Crippen LogP contribution in [0.15, 0.2) is 48.5 Å². The van der Waals surface area contributed by atoms with Crippen LogP contribution in [0.1, 0.15) is 21.5 Å². The van der Waals surface area contributed by atoms with Crippen molar-refractivity contribution in [3.8, 4) is 0 Å². The molecule has 0 aromatic heterocycles. The summed E-state index contributed by atoms with van der Waals surface area (Å²) in [5.74, 6) is -0.0178. The molecule has 0 bridgehead atoms. The molecule has 3 nitrogen and oxygen atoms in total. The molecule has 23 heavy (non-hydrogen) atoms. The maximum absolute atomic E-state index is 12.6. The Bertz CT molecular complexity index is 693. The van der Waals surface area contributed by atoms with Gasteiger partial charge in [0.2, 0.25) is 0 Å². The number of halogens is 1. The van der Waals surface area contributed by atoms with Gasteiger partial charge in [-0.25, -0.2) is 0 Å². The standard InChI is InChI=1S/C19H21ClN2O/c1-21-9-11-22(12-10-21)14-15-5-4-6-16(13-15)19(23)17-7-2-3-8-18(17)20/h2-8,13H,9-12,14H2,1H3. The van der Waals surface area contributed by atoms with Crippen LogP contribution < -0.4 is 0 Å². The summed E-state index contributed by atoms with van der Waals surface area (Å²) in [6, 6.07) is 15.1.